The molecule has 0 fully saturated rings. The maximum Gasteiger partial charge on any atom is 0.377 e. The molecule has 4 rings (SSSR count). The summed E-state index contributed by atoms with van der Waals surface area (Å²) in [6.45, 7) is 2.07. The molecule has 0 saturated carbocycles. The van der Waals surface area contributed by atoms with Crippen LogP contribution in [0.4, 0.5) is 5.69 Å². The predicted octanol–water partition coefficient (Wildman–Crippen LogP) is 3.35. The average molecular weight is 397 g/mol. The van der Waals surface area contributed by atoms with E-state index >= 15 is 0 Å². The minimum absolute atomic E-state index is 0.0721. The van der Waals surface area contributed by atoms with Gasteiger partial charge in [-0.2, -0.15) is 0 Å². The quantitative estimate of drug-likeness (QED) is 0.660. The molecule has 0 bridgehead atoms. The second kappa shape index (κ2) is 7.75. The van der Waals surface area contributed by atoms with E-state index in [4.69, 9.17) is 23.4 Å². The number of hydrogen-bond acceptors (Lipinski definition) is 7. The molecule has 1 amide bonds. The van der Waals surface area contributed by atoms with Gasteiger partial charge in [0.25, 0.3) is 5.91 Å². The zero-order valence-electron chi connectivity index (χ0n) is 15.9. The maximum absolute atomic E-state index is 12.5. The largest absolute Gasteiger partial charge is 0.495 e. The van der Waals surface area contributed by atoms with Crippen LogP contribution in [0.15, 0.2) is 52.8 Å². The fraction of sp³-hybridized carbons (Fsp3) is 0.238. The van der Waals surface area contributed by atoms with Gasteiger partial charge in [-0.3, -0.25) is 4.79 Å². The molecule has 1 aliphatic rings. The lowest BCUT2D eigenvalue weighted by molar-refractivity contribution is -0.153. The molecule has 0 radical (unpaired) electrons. The Bertz CT molecular complexity index is 1110. The molecule has 1 aromatic heterocycles. The van der Waals surface area contributed by atoms with E-state index < -0.39 is 18.0 Å². The lowest BCUT2D eigenvalue weighted by Gasteiger charge is -2.18. The zero-order valence-corrected chi connectivity index (χ0v) is 15.9. The molecule has 8 nitrogen and oxygen atoms in total. The van der Waals surface area contributed by atoms with E-state index in [-0.39, 0.29) is 12.4 Å². The lowest BCUT2D eigenvalue weighted by atomic mass is 10.1. The minimum Gasteiger partial charge on any atom is -0.495 e. The third-order valence-corrected chi connectivity index (χ3v) is 4.46. The normalized spacial score (nSPS) is 14.5. The highest BCUT2D eigenvalue weighted by Crippen LogP contribution is 2.36. The number of hydrogen-bond donors (Lipinski definition) is 1. The summed E-state index contributed by atoms with van der Waals surface area (Å²) in [5.74, 6) is -0.906. The Balaban J connectivity index is 1.54. The van der Waals surface area contributed by atoms with Crippen LogP contribution in [0.25, 0.3) is 21.9 Å². The van der Waals surface area contributed by atoms with Gasteiger partial charge < -0.3 is 28.7 Å². The van der Waals surface area contributed by atoms with Crippen molar-refractivity contribution >= 4 is 39.5 Å². The van der Waals surface area contributed by atoms with Gasteiger partial charge in [0.15, 0.2) is 6.10 Å². The average Bonchev–Trinajstić information content (AvgIpc) is 3.11. The number of esters is 1. The van der Waals surface area contributed by atoms with Gasteiger partial charge >= 0.3 is 5.97 Å². The molecule has 0 unspecified atom stereocenters. The van der Waals surface area contributed by atoms with Crippen molar-refractivity contribution in [3.8, 4) is 5.75 Å². The van der Waals surface area contributed by atoms with Crippen molar-refractivity contribution in [3.05, 3.63) is 48.4 Å². The third kappa shape index (κ3) is 3.69. The number of nitrogens with one attached hydrogen (secondary N) is 1. The first-order chi connectivity index (χ1) is 14.1. The summed E-state index contributed by atoms with van der Waals surface area (Å²) < 4.78 is 26.6. The second-order valence-electron chi connectivity index (χ2n) is 6.39. The maximum atomic E-state index is 12.5. The molecule has 0 aliphatic carbocycles. The Kier molecular flexibility index (Phi) is 4.99. The standard InChI is InChI=1S/C21H19NO7/c1-12(28-21(24)19-11-26-7-8-27-19)20(23)22-15-10-17-14(9-18(15)25-2)13-5-3-4-6-16(13)29-17/h3-6,9-12H,7-8H2,1-2H3,(H,22,23)/t12-/m0/s1. The number of rotatable bonds is 5. The Morgan fingerprint density at radius 1 is 1.10 bits per heavy atom. The molecule has 0 saturated heterocycles. The third-order valence-electron chi connectivity index (χ3n) is 4.46. The molecule has 1 aliphatic heterocycles. The Hall–Kier alpha value is -3.68. The van der Waals surface area contributed by atoms with E-state index in [1.165, 1.54) is 20.3 Å². The van der Waals surface area contributed by atoms with Crippen molar-refractivity contribution < 1.29 is 33.0 Å². The van der Waals surface area contributed by atoms with E-state index in [0.29, 0.717) is 23.6 Å². The smallest absolute Gasteiger partial charge is 0.377 e. The molecule has 150 valence electrons. The number of furan rings is 1. The van der Waals surface area contributed by atoms with Gasteiger partial charge in [0.05, 0.1) is 12.8 Å². The van der Waals surface area contributed by atoms with Crippen molar-refractivity contribution in [1.29, 1.82) is 0 Å². The van der Waals surface area contributed by atoms with Gasteiger partial charge in [0.1, 0.15) is 36.4 Å². The van der Waals surface area contributed by atoms with Crippen LogP contribution in [0.3, 0.4) is 0 Å². The number of para-hydroxylation sites is 1. The molecule has 0 spiro atoms. The van der Waals surface area contributed by atoms with Crippen LogP contribution in [0.5, 0.6) is 5.75 Å². The summed E-state index contributed by atoms with van der Waals surface area (Å²) in [4.78, 5) is 24.6. The van der Waals surface area contributed by atoms with Crippen molar-refractivity contribution in [2.75, 3.05) is 25.6 Å². The molecular formula is C21H19NO7. The van der Waals surface area contributed by atoms with Crippen LogP contribution in [-0.2, 0) is 23.8 Å². The van der Waals surface area contributed by atoms with Crippen LogP contribution >= 0.6 is 0 Å². The SMILES string of the molecule is COc1cc2c(cc1NC(=O)[C@H](C)OC(=O)C1=COCCO1)oc1ccccc12. The summed E-state index contributed by atoms with van der Waals surface area (Å²) in [5, 5.41) is 4.53. The first-order valence-electron chi connectivity index (χ1n) is 9.02. The van der Waals surface area contributed by atoms with Gasteiger partial charge in [0.2, 0.25) is 5.76 Å². The van der Waals surface area contributed by atoms with Crippen LogP contribution in [0.2, 0.25) is 0 Å². The summed E-state index contributed by atoms with van der Waals surface area (Å²) in [5.41, 5.74) is 1.74. The van der Waals surface area contributed by atoms with E-state index in [1.807, 2.05) is 24.3 Å². The minimum atomic E-state index is -1.06. The fourth-order valence-electron chi connectivity index (χ4n) is 3.00. The summed E-state index contributed by atoms with van der Waals surface area (Å²) >= 11 is 0. The number of carbonyl (C=O) groups is 2. The second-order valence-corrected chi connectivity index (χ2v) is 6.39. The van der Waals surface area contributed by atoms with Gasteiger partial charge in [-0.15, -0.1) is 0 Å². The summed E-state index contributed by atoms with van der Waals surface area (Å²) in [7, 11) is 1.51. The number of anilines is 1. The predicted molar refractivity (Wildman–Crippen MR) is 104 cm³/mol. The molecular weight excluding hydrogens is 378 g/mol. The highest BCUT2D eigenvalue weighted by atomic mass is 16.6. The number of amides is 1. The first-order valence-corrected chi connectivity index (χ1v) is 9.02. The van der Waals surface area contributed by atoms with E-state index in [0.717, 1.165) is 16.4 Å². The summed E-state index contributed by atoms with van der Waals surface area (Å²) in [6, 6.07) is 11.1. The van der Waals surface area contributed by atoms with Crippen LogP contribution in [-0.4, -0.2) is 38.3 Å². The molecule has 2 aromatic carbocycles. The topological polar surface area (TPSA) is 96.2 Å². The van der Waals surface area contributed by atoms with E-state index in [9.17, 15) is 9.59 Å². The number of methoxy groups -OCH3 is 1. The number of benzene rings is 2. The highest BCUT2D eigenvalue weighted by Gasteiger charge is 2.24. The van der Waals surface area contributed by atoms with Gasteiger partial charge in [-0.25, -0.2) is 4.79 Å². The number of fused-ring (bicyclic) bond motifs is 3. The zero-order chi connectivity index (χ0) is 20.4. The van der Waals surface area contributed by atoms with Crippen molar-refractivity contribution in [3.63, 3.8) is 0 Å². The molecule has 2 heterocycles. The van der Waals surface area contributed by atoms with Gasteiger partial charge in [0, 0.05) is 16.8 Å². The van der Waals surface area contributed by atoms with Crippen LogP contribution in [0.1, 0.15) is 6.92 Å². The summed E-state index contributed by atoms with van der Waals surface area (Å²) in [6.07, 6.45) is 0.111. The van der Waals surface area contributed by atoms with Gasteiger partial charge in [-0.1, -0.05) is 18.2 Å². The van der Waals surface area contributed by atoms with Gasteiger partial charge in [-0.05, 0) is 19.1 Å². The Morgan fingerprint density at radius 3 is 2.69 bits per heavy atom. The molecule has 1 N–H and O–H groups in total. The molecule has 29 heavy (non-hydrogen) atoms. The highest BCUT2D eigenvalue weighted by molar-refractivity contribution is 6.08. The monoisotopic (exact) mass is 397 g/mol. The Morgan fingerprint density at radius 2 is 1.93 bits per heavy atom. The van der Waals surface area contributed by atoms with Crippen molar-refractivity contribution in [2.24, 2.45) is 0 Å². The molecule has 8 heteroatoms. The van der Waals surface area contributed by atoms with Crippen LogP contribution in [0, 0.1) is 0 Å². The van der Waals surface area contributed by atoms with Crippen LogP contribution < -0.4 is 10.1 Å². The van der Waals surface area contributed by atoms with Crippen molar-refractivity contribution in [2.45, 2.75) is 13.0 Å². The van der Waals surface area contributed by atoms with Crippen molar-refractivity contribution in [1.82, 2.24) is 0 Å². The molecule has 3 aromatic rings. The van der Waals surface area contributed by atoms with E-state index in [2.05, 4.69) is 5.32 Å². The number of ether oxygens (including phenoxy) is 4. The fourth-order valence-corrected chi connectivity index (χ4v) is 3.00. The molecule has 1 atom stereocenters. The first kappa shape index (κ1) is 18.7. The Labute approximate surface area is 166 Å². The van der Waals surface area contributed by atoms with E-state index in [1.54, 1.807) is 12.1 Å². The lowest BCUT2D eigenvalue weighted by Crippen LogP contribution is -2.31. The number of carbonyl (C=O) groups excluding carboxylic acids is 2.